The molecule has 1 aliphatic rings. The second-order valence-electron chi connectivity index (χ2n) is 8.10. The van der Waals surface area contributed by atoms with Gasteiger partial charge >= 0.3 is 5.97 Å². The fraction of sp³-hybridized carbons (Fsp3) is 0.409. The number of ether oxygens (including phenoxy) is 1. The second kappa shape index (κ2) is 11.4. The number of allylic oxidation sites excluding steroid dienone is 3. The standard InChI is InChI=1S/C22H25ClN4O7S/c1-12(2)26-35(32,33)11-18(28)19-13(3)25-14(4)20(22(29)34-9-5-8-24)21(19)16-10-15(27(30)31)6-7-17(16)23/h6-7,10,12,21,25-26H,5,9,11H2,1-4H3. The number of dihydropyridines is 1. The third-order valence-electron chi connectivity index (χ3n) is 4.97. The molecule has 13 heteroatoms. The first kappa shape index (κ1) is 28.0. The van der Waals surface area contributed by atoms with Gasteiger partial charge < -0.3 is 10.1 Å². The summed E-state index contributed by atoms with van der Waals surface area (Å²) in [6.45, 7) is 6.04. The lowest BCUT2D eigenvalue weighted by Gasteiger charge is -2.31. The van der Waals surface area contributed by atoms with Crippen molar-refractivity contribution in [2.75, 3.05) is 12.4 Å². The summed E-state index contributed by atoms with van der Waals surface area (Å²) in [5.41, 5.74) is 0.0974. The number of benzene rings is 1. The molecular weight excluding hydrogens is 500 g/mol. The highest BCUT2D eigenvalue weighted by Gasteiger charge is 2.39. The molecule has 1 aromatic rings. The molecule has 0 amide bonds. The monoisotopic (exact) mass is 524 g/mol. The van der Waals surface area contributed by atoms with Gasteiger partial charge in [0.15, 0.2) is 5.78 Å². The van der Waals surface area contributed by atoms with Crippen LogP contribution >= 0.6 is 11.6 Å². The Morgan fingerprint density at radius 1 is 1.29 bits per heavy atom. The van der Waals surface area contributed by atoms with Crippen LogP contribution in [-0.2, 0) is 24.3 Å². The van der Waals surface area contributed by atoms with Gasteiger partial charge in [-0.3, -0.25) is 14.9 Å². The number of nitriles is 1. The number of sulfonamides is 1. The van der Waals surface area contributed by atoms with Gasteiger partial charge in [0.25, 0.3) is 5.69 Å². The van der Waals surface area contributed by atoms with Gasteiger partial charge in [-0.15, -0.1) is 0 Å². The van der Waals surface area contributed by atoms with E-state index in [-0.39, 0.29) is 51.8 Å². The van der Waals surface area contributed by atoms with Gasteiger partial charge in [0, 0.05) is 46.1 Å². The molecule has 0 radical (unpaired) electrons. The lowest BCUT2D eigenvalue weighted by Crippen LogP contribution is -2.38. The number of nitrogens with zero attached hydrogens (tertiary/aromatic N) is 2. The number of hydrogen-bond acceptors (Lipinski definition) is 9. The molecule has 1 aliphatic heterocycles. The minimum atomic E-state index is -4.03. The number of rotatable bonds is 10. The van der Waals surface area contributed by atoms with Gasteiger partial charge in [-0.1, -0.05) is 11.6 Å². The number of carbonyl (C=O) groups excluding carboxylic acids is 2. The number of nitro groups is 1. The predicted molar refractivity (Wildman–Crippen MR) is 128 cm³/mol. The Balaban J connectivity index is 2.70. The summed E-state index contributed by atoms with van der Waals surface area (Å²) in [5, 5.41) is 23.1. The van der Waals surface area contributed by atoms with Crippen molar-refractivity contribution in [2.45, 2.75) is 46.1 Å². The highest BCUT2D eigenvalue weighted by Crippen LogP contribution is 2.43. The number of hydrogen-bond donors (Lipinski definition) is 2. The number of nitro benzene ring substituents is 1. The number of nitrogens with one attached hydrogen (secondary N) is 2. The van der Waals surface area contributed by atoms with Crippen molar-refractivity contribution in [3.05, 3.63) is 61.4 Å². The summed E-state index contributed by atoms with van der Waals surface area (Å²) in [5.74, 6) is -3.87. The summed E-state index contributed by atoms with van der Waals surface area (Å²) >= 11 is 6.37. The van der Waals surface area contributed by atoms with Gasteiger partial charge in [-0.2, -0.15) is 5.26 Å². The van der Waals surface area contributed by atoms with Gasteiger partial charge in [-0.05, 0) is 39.3 Å². The van der Waals surface area contributed by atoms with Crippen molar-refractivity contribution in [3.8, 4) is 6.07 Å². The molecule has 0 aromatic heterocycles. The van der Waals surface area contributed by atoms with Crippen molar-refractivity contribution >= 4 is 39.1 Å². The van der Waals surface area contributed by atoms with E-state index in [4.69, 9.17) is 21.6 Å². The third kappa shape index (κ3) is 6.88. The van der Waals surface area contributed by atoms with Crippen LogP contribution in [-0.4, -0.2) is 43.5 Å². The number of carbonyl (C=O) groups is 2. The zero-order valence-electron chi connectivity index (χ0n) is 19.5. The van der Waals surface area contributed by atoms with E-state index in [9.17, 15) is 28.1 Å². The molecule has 1 unspecified atom stereocenters. The predicted octanol–water partition coefficient (Wildman–Crippen LogP) is 2.84. The van der Waals surface area contributed by atoms with Gasteiger partial charge in [0.05, 0.1) is 23.0 Å². The van der Waals surface area contributed by atoms with Crippen LogP contribution in [0.15, 0.2) is 40.7 Å². The van der Waals surface area contributed by atoms with Crippen LogP contribution < -0.4 is 10.0 Å². The molecule has 1 aromatic carbocycles. The van der Waals surface area contributed by atoms with Gasteiger partial charge in [-0.25, -0.2) is 17.9 Å². The van der Waals surface area contributed by atoms with Crippen LogP contribution in [0.3, 0.4) is 0 Å². The van der Waals surface area contributed by atoms with Crippen molar-refractivity contribution in [3.63, 3.8) is 0 Å². The molecule has 1 atom stereocenters. The third-order valence-corrected chi connectivity index (χ3v) is 6.78. The molecule has 0 saturated carbocycles. The molecule has 0 spiro atoms. The van der Waals surface area contributed by atoms with Crippen molar-refractivity contribution in [1.29, 1.82) is 5.26 Å². The summed E-state index contributed by atoms with van der Waals surface area (Å²) < 4.78 is 32.5. The lowest BCUT2D eigenvalue weighted by molar-refractivity contribution is -0.384. The second-order valence-corrected chi connectivity index (χ2v) is 10.3. The zero-order chi connectivity index (χ0) is 26.5. The fourth-order valence-electron chi connectivity index (χ4n) is 3.73. The number of halogens is 1. The molecular formula is C22H25ClN4O7S. The minimum absolute atomic E-state index is 0.0267. The molecule has 35 heavy (non-hydrogen) atoms. The maximum atomic E-state index is 13.3. The van der Waals surface area contributed by atoms with Gasteiger partial charge in [0.2, 0.25) is 10.0 Å². The Morgan fingerprint density at radius 2 is 1.91 bits per heavy atom. The van der Waals surface area contributed by atoms with E-state index < -0.39 is 44.4 Å². The fourth-order valence-corrected chi connectivity index (χ4v) is 5.26. The van der Waals surface area contributed by atoms with E-state index in [1.807, 2.05) is 6.07 Å². The van der Waals surface area contributed by atoms with Crippen molar-refractivity contribution in [1.82, 2.24) is 10.0 Å². The normalized spacial score (nSPS) is 16.1. The van der Waals surface area contributed by atoms with Crippen LogP contribution in [0, 0.1) is 21.4 Å². The van der Waals surface area contributed by atoms with Crippen LogP contribution in [0.25, 0.3) is 0 Å². The largest absolute Gasteiger partial charge is 0.461 e. The lowest BCUT2D eigenvalue weighted by atomic mass is 9.79. The van der Waals surface area contributed by atoms with Crippen molar-refractivity contribution in [2.24, 2.45) is 0 Å². The first-order valence-corrected chi connectivity index (χ1v) is 12.5. The summed E-state index contributed by atoms with van der Waals surface area (Å²) in [6.07, 6.45) is -0.0759. The van der Waals surface area contributed by atoms with E-state index >= 15 is 0 Å². The summed E-state index contributed by atoms with van der Waals surface area (Å²) in [6, 6.07) is 4.95. The number of esters is 1. The highest BCUT2D eigenvalue weighted by molar-refractivity contribution is 7.90. The van der Waals surface area contributed by atoms with E-state index in [1.54, 1.807) is 20.8 Å². The maximum absolute atomic E-state index is 13.3. The number of ketones is 1. The molecule has 11 nitrogen and oxygen atoms in total. The number of Topliss-reactive ketones (excluding diaryl/α,β-unsaturated/α-hetero) is 1. The molecule has 0 saturated heterocycles. The minimum Gasteiger partial charge on any atom is -0.461 e. The van der Waals surface area contributed by atoms with Crippen LogP contribution in [0.5, 0.6) is 0 Å². The molecule has 0 aliphatic carbocycles. The SMILES string of the molecule is CC1=C(C(=O)CS(=O)(=O)NC(C)C)C(c2cc([N+](=O)[O-])ccc2Cl)C(C(=O)OCCC#N)=C(C)N1. The average Bonchev–Trinajstić information content (AvgIpc) is 2.71. The molecule has 0 bridgehead atoms. The Labute approximate surface area is 208 Å². The molecule has 188 valence electrons. The smallest absolute Gasteiger partial charge is 0.336 e. The summed E-state index contributed by atoms with van der Waals surface area (Å²) in [7, 11) is -4.03. The van der Waals surface area contributed by atoms with Crippen LogP contribution in [0.1, 0.15) is 45.6 Å². The number of non-ortho nitro benzene ring substituents is 1. The molecule has 0 fully saturated rings. The topological polar surface area (TPSA) is 168 Å². The summed E-state index contributed by atoms with van der Waals surface area (Å²) in [4.78, 5) is 37.1. The molecule has 1 heterocycles. The van der Waals surface area contributed by atoms with E-state index in [2.05, 4.69) is 10.0 Å². The molecule has 2 N–H and O–H groups in total. The first-order chi connectivity index (χ1) is 16.3. The van der Waals surface area contributed by atoms with Crippen LogP contribution in [0.2, 0.25) is 5.02 Å². The average molecular weight is 525 g/mol. The van der Waals surface area contributed by atoms with E-state index in [0.717, 1.165) is 6.07 Å². The van der Waals surface area contributed by atoms with Gasteiger partial charge in [0.1, 0.15) is 12.4 Å². The Bertz CT molecular complexity index is 1260. The Hall–Kier alpha value is -3.27. The Kier molecular flexibility index (Phi) is 9.14. The quantitative estimate of drug-likeness (QED) is 0.202. The zero-order valence-corrected chi connectivity index (χ0v) is 21.1. The van der Waals surface area contributed by atoms with E-state index in [0.29, 0.717) is 0 Å². The van der Waals surface area contributed by atoms with Crippen LogP contribution in [0.4, 0.5) is 5.69 Å². The maximum Gasteiger partial charge on any atom is 0.336 e. The highest BCUT2D eigenvalue weighted by atomic mass is 35.5. The molecule has 2 rings (SSSR count). The first-order valence-electron chi connectivity index (χ1n) is 10.5. The van der Waals surface area contributed by atoms with Crippen molar-refractivity contribution < 1.29 is 27.7 Å². The Morgan fingerprint density at radius 3 is 2.49 bits per heavy atom. The van der Waals surface area contributed by atoms with E-state index in [1.165, 1.54) is 19.1 Å².